The maximum absolute atomic E-state index is 4.49. The maximum atomic E-state index is 4.49. The first-order valence-corrected chi connectivity index (χ1v) is 7.00. The smallest absolute Gasteiger partial charge is 0.226 e. The topological polar surface area (TPSA) is 78.5 Å². The first kappa shape index (κ1) is 13.4. The van der Waals surface area contributed by atoms with E-state index >= 15 is 0 Å². The van der Waals surface area contributed by atoms with Crippen LogP contribution in [0.3, 0.4) is 0 Å². The summed E-state index contributed by atoms with van der Waals surface area (Å²) in [5.74, 6) is 1.34. The van der Waals surface area contributed by atoms with Crippen LogP contribution in [0, 0.1) is 6.92 Å². The molecule has 0 spiro atoms. The number of aryl methyl sites for hydroxylation is 1. The van der Waals surface area contributed by atoms with Gasteiger partial charge in [0.05, 0.1) is 6.33 Å². The van der Waals surface area contributed by atoms with Crippen molar-refractivity contribution >= 4 is 22.9 Å². The highest BCUT2D eigenvalue weighted by molar-refractivity contribution is 5.83. The first-order valence-electron chi connectivity index (χ1n) is 7.00. The van der Waals surface area contributed by atoms with E-state index in [1.165, 1.54) is 11.1 Å². The summed E-state index contributed by atoms with van der Waals surface area (Å²) in [6.45, 7) is 5.57. The number of nitrogens with zero attached hydrogens (tertiary/aromatic N) is 3. The summed E-state index contributed by atoms with van der Waals surface area (Å²) in [6.07, 6.45) is 1.63. The third kappa shape index (κ3) is 2.94. The number of hydrogen-bond donors (Lipinski definition) is 3. The molecule has 0 aliphatic heterocycles. The van der Waals surface area contributed by atoms with Crippen molar-refractivity contribution in [3.8, 4) is 0 Å². The zero-order valence-corrected chi connectivity index (χ0v) is 12.1. The largest absolute Gasteiger partial charge is 0.364 e. The lowest BCUT2D eigenvalue weighted by Gasteiger charge is -2.09. The van der Waals surface area contributed by atoms with Crippen LogP contribution in [0.4, 0.5) is 11.8 Å². The highest BCUT2D eigenvalue weighted by Gasteiger charge is 2.09. The first-order chi connectivity index (χ1) is 10.3. The lowest BCUT2D eigenvalue weighted by atomic mass is 10.1. The minimum atomic E-state index is 0.587. The lowest BCUT2D eigenvalue weighted by molar-refractivity contribution is 1.07. The second kappa shape index (κ2) is 5.78. The van der Waals surface area contributed by atoms with Crippen LogP contribution in [-0.4, -0.2) is 26.5 Å². The Labute approximate surface area is 123 Å². The van der Waals surface area contributed by atoms with Gasteiger partial charge in [0, 0.05) is 13.1 Å². The van der Waals surface area contributed by atoms with Crippen molar-refractivity contribution in [1.29, 1.82) is 0 Å². The number of imidazole rings is 1. The summed E-state index contributed by atoms with van der Waals surface area (Å²) in [4.78, 5) is 16.1. The van der Waals surface area contributed by atoms with Crippen molar-refractivity contribution in [2.75, 3.05) is 17.2 Å². The molecule has 0 saturated carbocycles. The number of aromatic amines is 1. The standard InChI is InChI=1S/C15H18N6/c1-3-16-15-20-13(12-14(21-15)19-9-18-12)17-8-11-6-4-10(2)5-7-11/h4-7,9H,3,8H2,1-2H3,(H3,16,17,18,19,20,21). The van der Waals surface area contributed by atoms with Crippen LogP contribution in [0.1, 0.15) is 18.1 Å². The summed E-state index contributed by atoms with van der Waals surface area (Å²) in [7, 11) is 0. The molecule has 3 aromatic rings. The van der Waals surface area contributed by atoms with Gasteiger partial charge in [-0.25, -0.2) is 4.98 Å². The van der Waals surface area contributed by atoms with Crippen molar-refractivity contribution in [3.63, 3.8) is 0 Å². The molecule has 6 nitrogen and oxygen atoms in total. The number of benzene rings is 1. The number of aromatic nitrogens is 4. The minimum absolute atomic E-state index is 0.587. The Balaban J connectivity index is 1.84. The number of H-pyrrole nitrogens is 1. The number of anilines is 2. The predicted molar refractivity (Wildman–Crippen MR) is 84.4 cm³/mol. The molecule has 3 rings (SSSR count). The van der Waals surface area contributed by atoms with Gasteiger partial charge in [0.1, 0.15) is 5.52 Å². The molecule has 0 aliphatic rings. The molecule has 0 fully saturated rings. The van der Waals surface area contributed by atoms with Crippen LogP contribution < -0.4 is 10.6 Å². The van der Waals surface area contributed by atoms with E-state index in [-0.39, 0.29) is 0 Å². The number of hydrogen-bond acceptors (Lipinski definition) is 5. The second-order valence-electron chi connectivity index (χ2n) is 4.87. The van der Waals surface area contributed by atoms with Crippen LogP contribution >= 0.6 is 0 Å². The molecule has 3 N–H and O–H groups in total. The molecule has 2 heterocycles. The number of fused-ring (bicyclic) bond motifs is 1. The average molecular weight is 282 g/mol. The summed E-state index contributed by atoms with van der Waals surface area (Å²) in [5, 5.41) is 6.47. The Morgan fingerprint density at radius 1 is 1.10 bits per heavy atom. The van der Waals surface area contributed by atoms with E-state index < -0.39 is 0 Å². The van der Waals surface area contributed by atoms with Crippen LogP contribution in [0.5, 0.6) is 0 Å². The normalized spacial score (nSPS) is 10.8. The molecule has 108 valence electrons. The van der Waals surface area contributed by atoms with Gasteiger partial charge in [0.25, 0.3) is 0 Å². The van der Waals surface area contributed by atoms with E-state index in [9.17, 15) is 0 Å². The van der Waals surface area contributed by atoms with Crippen LogP contribution in [-0.2, 0) is 6.54 Å². The van der Waals surface area contributed by atoms with E-state index in [4.69, 9.17) is 0 Å². The molecule has 0 bridgehead atoms. The van der Waals surface area contributed by atoms with Crippen molar-refractivity contribution in [2.24, 2.45) is 0 Å². The highest BCUT2D eigenvalue weighted by Crippen LogP contribution is 2.19. The molecule has 0 amide bonds. The fourth-order valence-electron chi connectivity index (χ4n) is 2.09. The van der Waals surface area contributed by atoms with Gasteiger partial charge in [-0.05, 0) is 19.4 Å². The molecule has 1 aromatic carbocycles. The summed E-state index contributed by atoms with van der Waals surface area (Å²) < 4.78 is 0. The summed E-state index contributed by atoms with van der Waals surface area (Å²) >= 11 is 0. The molecule has 0 atom stereocenters. The molecule has 2 aromatic heterocycles. The summed E-state index contributed by atoms with van der Waals surface area (Å²) in [5.41, 5.74) is 3.94. The van der Waals surface area contributed by atoms with Crippen LogP contribution in [0.2, 0.25) is 0 Å². The van der Waals surface area contributed by atoms with E-state index in [0.717, 1.165) is 17.9 Å². The highest BCUT2D eigenvalue weighted by atomic mass is 15.2. The van der Waals surface area contributed by atoms with Crippen LogP contribution in [0.25, 0.3) is 11.2 Å². The minimum Gasteiger partial charge on any atom is -0.364 e. The van der Waals surface area contributed by atoms with Crippen molar-refractivity contribution in [1.82, 2.24) is 19.9 Å². The quantitative estimate of drug-likeness (QED) is 0.670. The molecule has 0 aliphatic carbocycles. The van der Waals surface area contributed by atoms with E-state index in [1.807, 2.05) is 6.92 Å². The molecule has 0 unspecified atom stereocenters. The Hall–Kier alpha value is -2.63. The Morgan fingerprint density at radius 3 is 2.67 bits per heavy atom. The van der Waals surface area contributed by atoms with Gasteiger partial charge in [-0.15, -0.1) is 0 Å². The Morgan fingerprint density at radius 2 is 1.90 bits per heavy atom. The van der Waals surface area contributed by atoms with Gasteiger partial charge in [-0.3, -0.25) is 0 Å². The maximum Gasteiger partial charge on any atom is 0.226 e. The molecular weight excluding hydrogens is 264 g/mol. The molecule has 6 heteroatoms. The van der Waals surface area contributed by atoms with Gasteiger partial charge in [-0.2, -0.15) is 9.97 Å². The fourth-order valence-corrected chi connectivity index (χ4v) is 2.09. The zero-order valence-electron chi connectivity index (χ0n) is 12.1. The van der Waals surface area contributed by atoms with Gasteiger partial charge in [0.2, 0.25) is 5.95 Å². The van der Waals surface area contributed by atoms with Gasteiger partial charge in [-0.1, -0.05) is 29.8 Å². The number of rotatable bonds is 5. The van der Waals surface area contributed by atoms with Crippen LogP contribution in [0.15, 0.2) is 30.6 Å². The zero-order chi connectivity index (χ0) is 14.7. The van der Waals surface area contributed by atoms with E-state index in [0.29, 0.717) is 18.1 Å². The van der Waals surface area contributed by atoms with Crippen molar-refractivity contribution in [3.05, 3.63) is 41.7 Å². The van der Waals surface area contributed by atoms with Gasteiger partial charge in [0.15, 0.2) is 11.5 Å². The summed E-state index contributed by atoms with van der Waals surface area (Å²) in [6, 6.07) is 8.43. The lowest BCUT2D eigenvalue weighted by Crippen LogP contribution is -2.07. The molecule has 21 heavy (non-hydrogen) atoms. The Kier molecular flexibility index (Phi) is 3.68. The third-order valence-corrected chi connectivity index (χ3v) is 3.20. The fraction of sp³-hybridized carbons (Fsp3) is 0.267. The molecule has 0 saturated heterocycles. The Bertz CT molecular complexity index is 732. The van der Waals surface area contributed by atoms with Gasteiger partial charge < -0.3 is 15.6 Å². The monoisotopic (exact) mass is 282 g/mol. The molecule has 0 radical (unpaired) electrons. The number of nitrogens with one attached hydrogen (secondary N) is 3. The average Bonchev–Trinajstić information content (AvgIpc) is 2.95. The second-order valence-corrected chi connectivity index (χ2v) is 4.87. The predicted octanol–water partition coefficient (Wildman–Crippen LogP) is 2.71. The van der Waals surface area contributed by atoms with E-state index in [1.54, 1.807) is 6.33 Å². The molecular formula is C15H18N6. The SMILES string of the molecule is CCNc1nc(NCc2ccc(C)cc2)c2[nH]cnc2n1. The van der Waals surface area contributed by atoms with Crippen molar-refractivity contribution in [2.45, 2.75) is 20.4 Å². The van der Waals surface area contributed by atoms with Gasteiger partial charge >= 0.3 is 0 Å². The third-order valence-electron chi connectivity index (χ3n) is 3.20. The van der Waals surface area contributed by atoms with Crippen molar-refractivity contribution < 1.29 is 0 Å². The van der Waals surface area contributed by atoms with E-state index in [2.05, 4.69) is 61.8 Å².